The topological polar surface area (TPSA) is 79.3 Å². The molecule has 0 spiro atoms. The first-order chi connectivity index (χ1) is 15.7. The third-order valence-corrected chi connectivity index (χ3v) is 5.42. The number of nitrogens with zero attached hydrogens (tertiary/aromatic N) is 3. The van der Waals surface area contributed by atoms with Crippen molar-refractivity contribution in [1.82, 2.24) is 9.97 Å². The average Bonchev–Trinajstić information content (AvgIpc) is 3.27. The van der Waals surface area contributed by atoms with Gasteiger partial charge in [0.2, 0.25) is 5.91 Å². The highest BCUT2D eigenvalue weighted by Crippen LogP contribution is 2.31. The van der Waals surface area contributed by atoms with Crippen molar-refractivity contribution in [2.45, 2.75) is 26.3 Å². The van der Waals surface area contributed by atoms with E-state index in [1.165, 1.54) is 5.56 Å². The number of carbonyl (C=O) groups is 1. The number of aliphatic imine (C=N–C) groups is 1. The number of anilines is 3. The van der Waals surface area contributed by atoms with Gasteiger partial charge in [-0.25, -0.2) is 9.97 Å². The summed E-state index contributed by atoms with van der Waals surface area (Å²) in [5.41, 5.74) is 5.61. The van der Waals surface area contributed by atoms with Gasteiger partial charge in [0.25, 0.3) is 0 Å². The van der Waals surface area contributed by atoms with Gasteiger partial charge < -0.3 is 10.6 Å². The lowest BCUT2D eigenvalue weighted by atomic mass is 10.1. The van der Waals surface area contributed by atoms with Gasteiger partial charge in [-0.2, -0.15) is 0 Å². The fourth-order valence-electron chi connectivity index (χ4n) is 3.84. The zero-order valence-corrected chi connectivity index (χ0v) is 17.8. The third-order valence-electron chi connectivity index (χ3n) is 5.42. The lowest BCUT2D eigenvalue weighted by Crippen LogP contribution is -2.11. The molecular formula is C26H23N5O. The van der Waals surface area contributed by atoms with Crippen LogP contribution in [0, 0.1) is 0 Å². The number of fused-ring (bicyclic) bond motifs is 2. The van der Waals surface area contributed by atoms with Crippen molar-refractivity contribution < 1.29 is 4.79 Å². The van der Waals surface area contributed by atoms with Crippen molar-refractivity contribution in [3.05, 3.63) is 77.9 Å². The maximum Gasteiger partial charge on any atom is 0.224 e. The number of nitrogens with one attached hydrogen (secondary N) is 2. The van der Waals surface area contributed by atoms with E-state index in [1.54, 1.807) is 0 Å². The first-order valence-corrected chi connectivity index (χ1v) is 10.8. The van der Waals surface area contributed by atoms with Gasteiger partial charge in [0.15, 0.2) is 5.82 Å². The third kappa shape index (κ3) is 3.95. The number of aromatic nitrogens is 2. The molecular weight excluding hydrogens is 398 g/mol. The Hall–Kier alpha value is -4.06. The molecule has 5 rings (SSSR count). The number of rotatable bonds is 6. The van der Waals surface area contributed by atoms with Gasteiger partial charge in [0.05, 0.1) is 17.7 Å². The Morgan fingerprint density at radius 2 is 1.84 bits per heavy atom. The van der Waals surface area contributed by atoms with Gasteiger partial charge in [-0.1, -0.05) is 37.3 Å². The van der Waals surface area contributed by atoms with Crippen molar-refractivity contribution in [2.75, 3.05) is 10.6 Å². The Balaban J connectivity index is 1.58. The van der Waals surface area contributed by atoms with Crippen LogP contribution >= 0.6 is 0 Å². The Morgan fingerprint density at radius 3 is 2.75 bits per heavy atom. The average molecular weight is 422 g/mol. The zero-order valence-electron chi connectivity index (χ0n) is 17.8. The molecule has 0 radical (unpaired) electrons. The van der Waals surface area contributed by atoms with Crippen LogP contribution in [0.5, 0.6) is 0 Å². The minimum atomic E-state index is -0.0149. The van der Waals surface area contributed by atoms with E-state index in [1.807, 2.05) is 67.7 Å². The van der Waals surface area contributed by atoms with Crippen molar-refractivity contribution in [2.24, 2.45) is 4.99 Å². The highest BCUT2D eigenvalue weighted by Gasteiger charge is 2.15. The second kappa shape index (κ2) is 8.59. The first kappa shape index (κ1) is 19.9. The molecule has 6 heteroatoms. The molecule has 2 N–H and O–H groups in total. The van der Waals surface area contributed by atoms with Crippen LogP contribution in [0.25, 0.3) is 22.3 Å². The molecule has 2 heterocycles. The van der Waals surface area contributed by atoms with Gasteiger partial charge >= 0.3 is 0 Å². The molecule has 1 aromatic heterocycles. The quantitative estimate of drug-likeness (QED) is 0.418. The molecule has 0 bridgehead atoms. The van der Waals surface area contributed by atoms with Crippen LogP contribution in [0.3, 0.4) is 0 Å². The normalized spacial score (nSPS) is 12.0. The van der Waals surface area contributed by atoms with E-state index in [0.29, 0.717) is 17.9 Å². The number of benzene rings is 3. The van der Waals surface area contributed by atoms with Gasteiger partial charge in [-0.05, 0) is 53.9 Å². The molecule has 0 fully saturated rings. The molecule has 0 saturated heterocycles. The van der Waals surface area contributed by atoms with E-state index in [4.69, 9.17) is 9.97 Å². The van der Waals surface area contributed by atoms with Crippen molar-refractivity contribution in [1.29, 1.82) is 0 Å². The van der Waals surface area contributed by atoms with Crippen LogP contribution in [0.15, 0.2) is 71.7 Å². The molecule has 0 saturated carbocycles. The molecule has 6 nitrogen and oxygen atoms in total. The Kier molecular flexibility index (Phi) is 5.34. The van der Waals surface area contributed by atoms with E-state index in [9.17, 15) is 4.79 Å². The van der Waals surface area contributed by atoms with Gasteiger partial charge in [-0.3, -0.25) is 9.79 Å². The summed E-state index contributed by atoms with van der Waals surface area (Å²) in [6.07, 6.45) is 3.17. The molecule has 0 atom stereocenters. The molecule has 32 heavy (non-hydrogen) atoms. The molecule has 4 aromatic rings. The Labute approximate surface area is 186 Å². The largest absolute Gasteiger partial charge is 0.340 e. The summed E-state index contributed by atoms with van der Waals surface area (Å²) < 4.78 is 0. The molecule has 158 valence electrons. The molecule has 0 aliphatic carbocycles. The van der Waals surface area contributed by atoms with E-state index in [0.717, 1.165) is 46.5 Å². The van der Waals surface area contributed by atoms with E-state index < -0.39 is 0 Å². The fourth-order valence-corrected chi connectivity index (χ4v) is 3.84. The summed E-state index contributed by atoms with van der Waals surface area (Å²) in [5, 5.41) is 7.40. The zero-order chi connectivity index (χ0) is 21.9. The minimum Gasteiger partial charge on any atom is -0.340 e. The molecule has 1 aliphatic heterocycles. The van der Waals surface area contributed by atoms with E-state index in [2.05, 4.69) is 27.8 Å². The second-order valence-corrected chi connectivity index (χ2v) is 7.77. The monoisotopic (exact) mass is 421 g/mol. The lowest BCUT2D eigenvalue weighted by molar-refractivity contribution is -0.116. The van der Waals surface area contributed by atoms with E-state index in [-0.39, 0.29) is 5.91 Å². The predicted octanol–water partition coefficient (Wildman–Crippen LogP) is 5.71. The summed E-state index contributed by atoms with van der Waals surface area (Å²) in [7, 11) is 0. The summed E-state index contributed by atoms with van der Waals surface area (Å²) in [6.45, 7) is 2.72. The highest BCUT2D eigenvalue weighted by atomic mass is 16.1. The minimum absolute atomic E-state index is 0.0149. The molecule has 3 aromatic carbocycles. The standard InChI is InChI=1S/C26H23N5O/c1-2-7-24(32)29-22-10-5-3-8-20(22)26-30-23-11-6-4-9-21(23)25(31-26)28-19-13-12-17-15-27-16-18(17)14-19/h3-6,8-14,16H,2,7,15H2,1H3,(H,29,32)(H,28,30,31). The fraction of sp³-hybridized carbons (Fsp3) is 0.154. The number of amides is 1. The van der Waals surface area contributed by atoms with Gasteiger partial charge in [-0.15, -0.1) is 0 Å². The van der Waals surface area contributed by atoms with Gasteiger partial charge in [0.1, 0.15) is 5.82 Å². The number of para-hydroxylation sites is 2. The lowest BCUT2D eigenvalue weighted by Gasteiger charge is -2.14. The van der Waals surface area contributed by atoms with Gasteiger partial charge in [0, 0.05) is 29.3 Å². The molecule has 1 amide bonds. The van der Waals surface area contributed by atoms with E-state index >= 15 is 0 Å². The summed E-state index contributed by atoms with van der Waals surface area (Å²) in [5.74, 6) is 1.26. The van der Waals surface area contributed by atoms with Crippen molar-refractivity contribution in [3.8, 4) is 11.4 Å². The van der Waals surface area contributed by atoms with Crippen LogP contribution in [0.2, 0.25) is 0 Å². The maximum absolute atomic E-state index is 12.2. The summed E-state index contributed by atoms with van der Waals surface area (Å²) >= 11 is 0. The second-order valence-electron chi connectivity index (χ2n) is 7.77. The number of carbonyl (C=O) groups excluding carboxylic acids is 1. The maximum atomic E-state index is 12.2. The van der Waals surface area contributed by atoms with Crippen molar-refractivity contribution >= 4 is 40.2 Å². The first-order valence-electron chi connectivity index (χ1n) is 10.8. The Bertz CT molecular complexity index is 1350. The SMILES string of the molecule is CCCC(=O)Nc1ccccc1-c1nc(Nc2ccc3c(c2)C=NC3)c2ccccc2n1. The van der Waals surface area contributed by atoms with Crippen LogP contribution in [-0.2, 0) is 11.3 Å². The van der Waals surface area contributed by atoms with Crippen molar-refractivity contribution in [3.63, 3.8) is 0 Å². The molecule has 0 unspecified atom stereocenters. The Morgan fingerprint density at radius 1 is 1.00 bits per heavy atom. The van der Waals surface area contributed by atoms with Crippen LogP contribution in [-0.4, -0.2) is 22.1 Å². The summed E-state index contributed by atoms with van der Waals surface area (Å²) in [6, 6.07) is 21.8. The smallest absolute Gasteiger partial charge is 0.224 e. The van der Waals surface area contributed by atoms with Crippen LogP contribution in [0.1, 0.15) is 30.9 Å². The summed E-state index contributed by atoms with van der Waals surface area (Å²) in [4.78, 5) is 26.2. The van der Waals surface area contributed by atoms with Crippen LogP contribution < -0.4 is 10.6 Å². The number of hydrogen-bond donors (Lipinski definition) is 2. The molecule has 1 aliphatic rings. The highest BCUT2D eigenvalue weighted by molar-refractivity contribution is 5.97. The van der Waals surface area contributed by atoms with Crippen LogP contribution in [0.4, 0.5) is 17.2 Å². The number of hydrogen-bond acceptors (Lipinski definition) is 5. The predicted molar refractivity (Wildman–Crippen MR) is 130 cm³/mol.